The smallest absolute Gasteiger partial charge is 0.149 e. The van der Waals surface area contributed by atoms with E-state index in [4.69, 9.17) is 5.73 Å². The molecule has 9 heteroatoms. The Hall–Kier alpha value is -3.61. The van der Waals surface area contributed by atoms with E-state index in [9.17, 15) is 19.1 Å². The first-order valence-electron chi connectivity index (χ1n) is 10.6. The van der Waals surface area contributed by atoms with E-state index >= 15 is 0 Å². The molecule has 170 valence electrons. The number of halogens is 2. The molecule has 4 N–H and O–H groups in total. The molecule has 0 saturated carbocycles. The summed E-state index contributed by atoms with van der Waals surface area (Å²) in [7, 11) is 0. The fraction of sp³-hybridized carbons (Fsp3) is 0.292. The van der Waals surface area contributed by atoms with Crippen LogP contribution in [-0.2, 0) is 6.54 Å². The molecule has 33 heavy (non-hydrogen) atoms. The predicted octanol–water partition coefficient (Wildman–Crippen LogP) is 3.05. The number of benzene rings is 1. The van der Waals surface area contributed by atoms with E-state index in [1.807, 2.05) is 19.1 Å². The summed E-state index contributed by atoms with van der Waals surface area (Å²) in [5.41, 5.74) is 7.82. The first-order valence-corrected chi connectivity index (χ1v) is 10.6. The van der Waals surface area contributed by atoms with E-state index in [0.717, 1.165) is 11.4 Å². The van der Waals surface area contributed by atoms with Crippen LogP contribution in [-0.4, -0.2) is 40.3 Å². The molecule has 3 heterocycles. The Bertz CT molecular complexity index is 1190. The molecule has 0 unspecified atom stereocenters. The maximum absolute atomic E-state index is 14.5. The van der Waals surface area contributed by atoms with Crippen molar-refractivity contribution in [3.05, 3.63) is 71.7 Å². The van der Waals surface area contributed by atoms with E-state index in [0.29, 0.717) is 18.8 Å². The van der Waals surface area contributed by atoms with Gasteiger partial charge in [-0.05, 0) is 30.3 Å². The summed E-state index contributed by atoms with van der Waals surface area (Å²) in [4.78, 5) is 10.6. The quantitative estimate of drug-likeness (QED) is 0.548. The van der Waals surface area contributed by atoms with Crippen LogP contribution in [0.1, 0.15) is 18.2 Å². The van der Waals surface area contributed by atoms with Gasteiger partial charge in [-0.25, -0.2) is 13.8 Å². The van der Waals surface area contributed by atoms with Crippen LogP contribution in [0.2, 0.25) is 0 Å². The number of piperidine rings is 1. The largest absolute Gasteiger partial charge is 0.391 e. The Kier molecular flexibility index (Phi) is 6.49. The molecule has 0 amide bonds. The van der Waals surface area contributed by atoms with Gasteiger partial charge in [0, 0.05) is 31.2 Å². The lowest BCUT2D eigenvalue weighted by molar-refractivity contribution is 0.0785. The van der Waals surface area contributed by atoms with Crippen molar-refractivity contribution in [2.24, 2.45) is 11.7 Å². The third-order valence-corrected chi connectivity index (χ3v) is 5.83. The fourth-order valence-corrected chi connectivity index (χ4v) is 4.11. The van der Waals surface area contributed by atoms with Crippen LogP contribution in [0, 0.1) is 28.9 Å². The molecule has 1 fully saturated rings. The molecule has 1 aliphatic heterocycles. The first-order chi connectivity index (χ1) is 15.9. The van der Waals surface area contributed by atoms with Crippen LogP contribution in [0.25, 0.3) is 11.3 Å². The van der Waals surface area contributed by atoms with Gasteiger partial charge in [0.05, 0.1) is 53.1 Å². The molecule has 3 aromatic rings. The number of nitriles is 1. The van der Waals surface area contributed by atoms with Crippen molar-refractivity contribution in [3.63, 3.8) is 0 Å². The number of aromatic nitrogens is 2. The van der Waals surface area contributed by atoms with Crippen molar-refractivity contribution in [1.29, 1.82) is 5.26 Å². The van der Waals surface area contributed by atoms with E-state index < -0.39 is 17.7 Å². The van der Waals surface area contributed by atoms with Gasteiger partial charge < -0.3 is 21.1 Å². The molecular formula is C24H24F2N6O. The first kappa shape index (κ1) is 22.6. The van der Waals surface area contributed by atoms with Gasteiger partial charge in [-0.1, -0.05) is 13.0 Å². The Morgan fingerprint density at radius 3 is 2.79 bits per heavy atom. The average Bonchev–Trinajstić information content (AvgIpc) is 2.82. The number of anilines is 2. The third-order valence-electron chi connectivity index (χ3n) is 5.83. The van der Waals surface area contributed by atoms with Crippen molar-refractivity contribution in [2.75, 3.05) is 23.3 Å². The zero-order valence-corrected chi connectivity index (χ0v) is 18.0. The summed E-state index contributed by atoms with van der Waals surface area (Å²) in [5.74, 6) is -1.42. The molecule has 7 nitrogen and oxygen atoms in total. The second-order valence-corrected chi connectivity index (χ2v) is 8.19. The SMILES string of the molecule is C[C@H]1CN(c2ccncc2NCc2ccc(F)c(-c3c(F)cccc3C#N)n2)C[C@@H](N)[C@@H]1O. The number of nitrogens with one attached hydrogen (secondary N) is 1. The van der Waals surface area contributed by atoms with Crippen LogP contribution in [0.4, 0.5) is 20.2 Å². The number of rotatable bonds is 5. The summed E-state index contributed by atoms with van der Waals surface area (Å²) in [6, 6.07) is 10.1. The zero-order valence-electron chi connectivity index (χ0n) is 18.0. The summed E-state index contributed by atoms with van der Waals surface area (Å²) < 4.78 is 28.9. The summed E-state index contributed by atoms with van der Waals surface area (Å²) >= 11 is 0. The van der Waals surface area contributed by atoms with E-state index in [-0.39, 0.29) is 35.3 Å². The highest BCUT2D eigenvalue weighted by molar-refractivity contribution is 5.70. The van der Waals surface area contributed by atoms with Crippen molar-refractivity contribution >= 4 is 11.4 Å². The summed E-state index contributed by atoms with van der Waals surface area (Å²) in [6.07, 6.45) is 2.79. The number of pyridine rings is 2. The monoisotopic (exact) mass is 450 g/mol. The van der Waals surface area contributed by atoms with Gasteiger partial charge in [0.1, 0.15) is 17.3 Å². The molecule has 0 aliphatic carbocycles. The number of hydrogen-bond acceptors (Lipinski definition) is 7. The standard InChI is InChI=1S/C24H24F2N6O/c1-14-12-32(13-19(28)24(14)33)21-7-8-29-11-20(21)30-10-16-5-6-18(26)23(31-16)22-15(9-27)3-2-4-17(22)25/h2-8,11,14,19,24,30,33H,10,12-13,28H2,1H3/t14-,19+,24+/m0/s1. The maximum atomic E-state index is 14.5. The Morgan fingerprint density at radius 2 is 2.03 bits per heavy atom. The van der Waals surface area contributed by atoms with Crippen LogP contribution in [0.15, 0.2) is 48.8 Å². The van der Waals surface area contributed by atoms with Crippen molar-refractivity contribution in [1.82, 2.24) is 9.97 Å². The third kappa shape index (κ3) is 4.62. The minimum atomic E-state index is -0.711. The highest BCUT2D eigenvalue weighted by Crippen LogP contribution is 2.30. The number of nitrogens with zero attached hydrogens (tertiary/aromatic N) is 4. The number of nitrogens with two attached hydrogens (primary N) is 1. The molecule has 3 atom stereocenters. The van der Waals surface area contributed by atoms with Gasteiger partial charge in [0.15, 0.2) is 0 Å². The summed E-state index contributed by atoms with van der Waals surface area (Å²) in [5, 5.41) is 22.7. The highest BCUT2D eigenvalue weighted by atomic mass is 19.1. The second-order valence-electron chi connectivity index (χ2n) is 8.19. The van der Waals surface area contributed by atoms with E-state index in [1.54, 1.807) is 12.4 Å². The predicted molar refractivity (Wildman–Crippen MR) is 121 cm³/mol. The minimum absolute atomic E-state index is 0.00573. The topological polar surface area (TPSA) is 111 Å². The molecule has 1 aliphatic rings. The van der Waals surface area contributed by atoms with E-state index in [2.05, 4.69) is 20.2 Å². The van der Waals surface area contributed by atoms with Crippen LogP contribution in [0.5, 0.6) is 0 Å². The van der Waals surface area contributed by atoms with Gasteiger partial charge in [-0.3, -0.25) is 4.98 Å². The average molecular weight is 450 g/mol. The Labute approximate surface area is 190 Å². The molecule has 0 spiro atoms. The van der Waals surface area contributed by atoms with Crippen LogP contribution in [0.3, 0.4) is 0 Å². The lowest BCUT2D eigenvalue weighted by Crippen LogP contribution is -2.55. The van der Waals surface area contributed by atoms with Crippen LogP contribution >= 0.6 is 0 Å². The zero-order chi connectivity index (χ0) is 23.5. The van der Waals surface area contributed by atoms with Crippen molar-refractivity contribution in [2.45, 2.75) is 25.6 Å². The lowest BCUT2D eigenvalue weighted by Gasteiger charge is -2.40. The number of aliphatic hydroxyl groups excluding tert-OH is 1. The van der Waals surface area contributed by atoms with Gasteiger partial charge in [-0.15, -0.1) is 0 Å². The number of aliphatic hydroxyl groups is 1. The summed E-state index contributed by atoms with van der Waals surface area (Å²) in [6.45, 7) is 3.30. The Balaban J connectivity index is 1.59. The van der Waals surface area contributed by atoms with Crippen LogP contribution < -0.4 is 16.0 Å². The fourth-order valence-electron chi connectivity index (χ4n) is 4.11. The molecule has 2 aromatic heterocycles. The molecule has 4 rings (SSSR count). The van der Waals surface area contributed by atoms with Crippen molar-refractivity contribution < 1.29 is 13.9 Å². The lowest BCUT2D eigenvalue weighted by atomic mass is 9.92. The normalized spacial score (nSPS) is 20.4. The molecule has 0 bridgehead atoms. The highest BCUT2D eigenvalue weighted by Gasteiger charge is 2.31. The molecule has 1 aromatic carbocycles. The molecule has 1 saturated heterocycles. The second kappa shape index (κ2) is 9.48. The minimum Gasteiger partial charge on any atom is -0.391 e. The van der Waals surface area contributed by atoms with Gasteiger partial charge in [0.25, 0.3) is 0 Å². The van der Waals surface area contributed by atoms with E-state index in [1.165, 1.54) is 30.3 Å². The maximum Gasteiger partial charge on any atom is 0.149 e. The molecular weight excluding hydrogens is 426 g/mol. The number of hydrogen-bond donors (Lipinski definition) is 3. The van der Waals surface area contributed by atoms with Gasteiger partial charge >= 0.3 is 0 Å². The van der Waals surface area contributed by atoms with Gasteiger partial charge in [-0.2, -0.15) is 5.26 Å². The Morgan fingerprint density at radius 1 is 1.21 bits per heavy atom. The van der Waals surface area contributed by atoms with Crippen molar-refractivity contribution in [3.8, 4) is 17.3 Å². The molecule has 0 radical (unpaired) electrons. The van der Waals surface area contributed by atoms with Gasteiger partial charge in [0.2, 0.25) is 0 Å².